The number of hydrogen-bond donors (Lipinski definition) is 3. The summed E-state index contributed by atoms with van der Waals surface area (Å²) in [6, 6.07) is -0.623. The Morgan fingerprint density at radius 3 is 1.20 bits per heavy atom. The lowest BCUT2D eigenvalue weighted by molar-refractivity contribution is -0.123. The molecule has 3 N–H and O–H groups in total. The van der Waals surface area contributed by atoms with Gasteiger partial charge in [0.2, 0.25) is 5.91 Å². The van der Waals surface area contributed by atoms with Crippen molar-refractivity contribution in [2.24, 2.45) is 0 Å². The van der Waals surface area contributed by atoms with Crippen molar-refractivity contribution in [3.63, 3.8) is 0 Å². The third kappa shape index (κ3) is 34.2. The van der Waals surface area contributed by atoms with Crippen LogP contribution in [-0.4, -0.2) is 34.9 Å². The zero-order valence-electron chi connectivity index (χ0n) is 31.1. The third-order valence-electron chi connectivity index (χ3n) is 9.43. The van der Waals surface area contributed by atoms with Crippen LogP contribution in [0.2, 0.25) is 0 Å². The van der Waals surface area contributed by atoms with Crippen LogP contribution < -0.4 is 5.32 Å². The molecule has 4 heteroatoms. The number of nitrogens with one attached hydrogen (secondary N) is 1. The van der Waals surface area contributed by atoms with Crippen LogP contribution in [0.4, 0.5) is 0 Å². The van der Waals surface area contributed by atoms with Crippen LogP contribution >= 0.6 is 0 Å². The molecule has 0 aliphatic rings. The molecular weight excluding hydrogens is 566 g/mol. The molecule has 0 aromatic heterocycles. The summed E-state index contributed by atoms with van der Waals surface area (Å²) in [5.41, 5.74) is 0. The van der Waals surface area contributed by atoms with Crippen molar-refractivity contribution in [3.05, 3.63) is 24.3 Å². The molecule has 0 bridgehead atoms. The Kier molecular flexibility index (Phi) is 37.4. The van der Waals surface area contributed by atoms with Gasteiger partial charge in [-0.25, -0.2) is 0 Å². The average molecular weight is 648 g/mol. The van der Waals surface area contributed by atoms with Crippen LogP contribution in [0.25, 0.3) is 0 Å². The van der Waals surface area contributed by atoms with Crippen LogP contribution in [0.3, 0.4) is 0 Å². The van der Waals surface area contributed by atoms with Gasteiger partial charge in [0.25, 0.3) is 0 Å². The van der Waals surface area contributed by atoms with Crippen molar-refractivity contribution in [1.82, 2.24) is 5.32 Å². The number of allylic oxidation sites excluding steroid dienone is 3. The van der Waals surface area contributed by atoms with Crippen LogP contribution in [0.1, 0.15) is 219 Å². The van der Waals surface area contributed by atoms with Crippen molar-refractivity contribution in [2.45, 2.75) is 231 Å². The maximum Gasteiger partial charge on any atom is 0.220 e. The molecular formula is C42H81NO3. The minimum Gasteiger partial charge on any atom is -0.394 e. The fourth-order valence-corrected chi connectivity index (χ4v) is 6.23. The summed E-state index contributed by atoms with van der Waals surface area (Å²) < 4.78 is 0. The number of rotatable bonds is 37. The number of carbonyl (C=O) groups is 1. The molecule has 46 heavy (non-hydrogen) atoms. The van der Waals surface area contributed by atoms with E-state index in [1.165, 1.54) is 167 Å². The highest BCUT2D eigenvalue weighted by Crippen LogP contribution is 2.15. The first kappa shape index (κ1) is 44.9. The van der Waals surface area contributed by atoms with E-state index in [2.05, 4.69) is 31.3 Å². The molecule has 0 heterocycles. The van der Waals surface area contributed by atoms with Crippen LogP contribution in [0.5, 0.6) is 0 Å². The average Bonchev–Trinajstić information content (AvgIpc) is 3.06. The Labute approximate surface area is 288 Å². The van der Waals surface area contributed by atoms with Crippen molar-refractivity contribution in [3.8, 4) is 0 Å². The lowest BCUT2D eigenvalue weighted by Crippen LogP contribution is -2.45. The first-order valence-electron chi connectivity index (χ1n) is 20.6. The molecule has 2 atom stereocenters. The first-order chi connectivity index (χ1) is 22.7. The van der Waals surface area contributed by atoms with Gasteiger partial charge < -0.3 is 15.5 Å². The summed E-state index contributed by atoms with van der Waals surface area (Å²) in [5.74, 6) is -0.0717. The van der Waals surface area contributed by atoms with Gasteiger partial charge in [0, 0.05) is 6.42 Å². The first-order valence-corrected chi connectivity index (χ1v) is 20.6. The number of carbonyl (C=O) groups excluding carboxylic acids is 1. The standard InChI is InChI=1S/C42H81NO3/c1-3-5-7-9-11-13-15-17-19-21-22-23-25-27-29-31-33-35-37-41(45)40(39-44)43-42(46)38-36-34-32-30-28-26-24-20-18-16-14-12-10-8-6-4-2/h20,24,35,37,40-41,44-45H,3-19,21-23,25-34,36,38-39H2,1-2H3,(H,43,46)/b24-20-,37-35+. The Morgan fingerprint density at radius 2 is 0.826 bits per heavy atom. The molecule has 0 saturated heterocycles. The molecule has 0 rings (SSSR count). The second-order valence-corrected chi connectivity index (χ2v) is 14.1. The predicted molar refractivity (Wildman–Crippen MR) is 202 cm³/mol. The summed E-state index contributed by atoms with van der Waals surface area (Å²) in [7, 11) is 0. The minimum absolute atomic E-state index is 0.0717. The van der Waals surface area contributed by atoms with E-state index < -0.39 is 12.1 Å². The third-order valence-corrected chi connectivity index (χ3v) is 9.43. The molecule has 1 amide bonds. The second-order valence-electron chi connectivity index (χ2n) is 14.1. The lowest BCUT2D eigenvalue weighted by atomic mass is 10.0. The van der Waals surface area contributed by atoms with Crippen LogP contribution in [0, 0.1) is 0 Å². The van der Waals surface area contributed by atoms with Crippen molar-refractivity contribution in [2.75, 3.05) is 6.61 Å². The molecule has 2 unspecified atom stereocenters. The Bertz CT molecular complexity index is 661. The number of amides is 1. The largest absolute Gasteiger partial charge is 0.394 e. The second kappa shape index (κ2) is 38.3. The van der Waals surface area contributed by atoms with E-state index in [0.29, 0.717) is 6.42 Å². The van der Waals surface area contributed by atoms with Gasteiger partial charge in [-0.05, 0) is 44.9 Å². The summed E-state index contributed by atoms with van der Waals surface area (Å²) in [6.45, 7) is 4.31. The van der Waals surface area contributed by atoms with E-state index in [4.69, 9.17) is 0 Å². The number of aliphatic hydroxyl groups is 2. The van der Waals surface area contributed by atoms with E-state index in [0.717, 1.165) is 32.1 Å². The maximum absolute atomic E-state index is 12.3. The van der Waals surface area contributed by atoms with Gasteiger partial charge in [0.05, 0.1) is 18.8 Å². The Balaban J connectivity index is 3.59. The highest BCUT2D eigenvalue weighted by atomic mass is 16.3. The normalized spacial score (nSPS) is 13.2. The molecule has 0 aliphatic heterocycles. The zero-order valence-corrected chi connectivity index (χ0v) is 31.1. The fourth-order valence-electron chi connectivity index (χ4n) is 6.23. The quantitative estimate of drug-likeness (QED) is 0.0464. The molecule has 4 nitrogen and oxygen atoms in total. The number of hydrogen-bond acceptors (Lipinski definition) is 3. The van der Waals surface area contributed by atoms with Crippen molar-refractivity contribution in [1.29, 1.82) is 0 Å². The SMILES string of the molecule is CCCCCCCCC/C=C\CCCCCCCC(=O)NC(CO)C(O)/C=C/CCCCCCCCCCCCCCCCCC. The summed E-state index contributed by atoms with van der Waals surface area (Å²) in [6.07, 6.45) is 48.4. The van der Waals surface area contributed by atoms with E-state index in [-0.39, 0.29) is 12.5 Å². The topological polar surface area (TPSA) is 69.6 Å². The highest BCUT2D eigenvalue weighted by Gasteiger charge is 2.17. The number of unbranched alkanes of at least 4 members (excludes halogenated alkanes) is 28. The number of aliphatic hydroxyl groups excluding tert-OH is 2. The summed E-state index contributed by atoms with van der Waals surface area (Å²) in [5, 5.41) is 23.0. The van der Waals surface area contributed by atoms with Gasteiger partial charge >= 0.3 is 0 Å². The fraction of sp³-hybridized carbons (Fsp3) is 0.881. The summed E-state index contributed by atoms with van der Waals surface area (Å²) in [4.78, 5) is 12.3. The minimum atomic E-state index is -0.839. The van der Waals surface area contributed by atoms with Crippen LogP contribution in [0.15, 0.2) is 24.3 Å². The Morgan fingerprint density at radius 1 is 0.500 bits per heavy atom. The predicted octanol–water partition coefficient (Wildman–Crippen LogP) is 12.5. The molecule has 0 aromatic rings. The van der Waals surface area contributed by atoms with Crippen LogP contribution in [-0.2, 0) is 4.79 Å². The van der Waals surface area contributed by atoms with E-state index in [1.54, 1.807) is 6.08 Å². The van der Waals surface area contributed by atoms with Crippen molar-refractivity contribution < 1.29 is 15.0 Å². The molecule has 0 saturated carbocycles. The highest BCUT2D eigenvalue weighted by molar-refractivity contribution is 5.76. The van der Waals surface area contributed by atoms with Crippen molar-refractivity contribution >= 4 is 5.91 Å². The monoisotopic (exact) mass is 648 g/mol. The summed E-state index contributed by atoms with van der Waals surface area (Å²) >= 11 is 0. The van der Waals surface area contributed by atoms with Gasteiger partial charge in [-0.1, -0.05) is 192 Å². The Hall–Kier alpha value is -1.13. The van der Waals surface area contributed by atoms with Gasteiger partial charge in [0.15, 0.2) is 0 Å². The van der Waals surface area contributed by atoms with E-state index >= 15 is 0 Å². The van der Waals surface area contributed by atoms with E-state index in [9.17, 15) is 15.0 Å². The maximum atomic E-state index is 12.3. The molecule has 272 valence electrons. The van der Waals surface area contributed by atoms with E-state index in [1.807, 2.05) is 6.08 Å². The lowest BCUT2D eigenvalue weighted by Gasteiger charge is -2.20. The van der Waals surface area contributed by atoms with Gasteiger partial charge in [-0.15, -0.1) is 0 Å². The zero-order chi connectivity index (χ0) is 33.6. The molecule has 0 spiro atoms. The van der Waals surface area contributed by atoms with Gasteiger partial charge in [0.1, 0.15) is 0 Å². The molecule has 0 aliphatic carbocycles. The molecule has 0 fully saturated rings. The molecule has 0 radical (unpaired) electrons. The van der Waals surface area contributed by atoms with Gasteiger partial charge in [-0.2, -0.15) is 0 Å². The molecule has 0 aromatic carbocycles. The van der Waals surface area contributed by atoms with Gasteiger partial charge in [-0.3, -0.25) is 4.79 Å². The smallest absolute Gasteiger partial charge is 0.220 e.